The van der Waals surface area contributed by atoms with E-state index in [0.29, 0.717) is 29.8 Å². The van der Waals surface area contributed by atoms with Gasteiger partial charge in [-0.2, -0.15) is 19.7 Å². The fourth-order valence-corrected chi connectivity index (χ4v) is 2.12. The molecule has 28 heavy (non-hydrogen) atoms. The SMILES string of the molecule is C=C(O)CCC(=C)COc1nc(Nc2cn(C(C)(C)C#N)nc2C)ncc1F. The number of halogens is 1. The minimum atomic E-state index is -0.817. The van der Waals surface area contributed by atoms with Crippen LogP contribution in [0.25, 0.3) is 0 Å². The first-order valence-electron chi connectivity index (χ1n) is 8.56. The highest BCUT2D eigenvalue weighted by atomic mass is 19.1. The lowest BCUT2D eigenvalue weighted by molar-refractivity contribution is 0.311. The molecule has 0 saturated heterocycles. The predicted molar refractivity (Wildman–Crippen MR) is 103 cm³/mol. The van der Waals surface area contributed by atoms with Gasteiger partial charge in [-0.15, -0.1) is 0 Å². The van der Waals surface area contributed by atoms with Crippen molar-refractivity contribution in [1.29, 1.82) is 5.26 Å². The second-order valence-electron chi connectivity index (χ2n) is 6.82. The van der Waals surface area contributed by atoms with Crippen LogP contribution < -0.4 is 10.1 Å². The molecule has 9 heteroatoms. The van der Waals surface area contributed by atoms with Gasteiger partial charge in [-0.3, -0.25) is 4.68 Å². The van der Waals surface area contributed by atoms with Crippen LogP contribution in [-0.4, -0.2) is 31.5 Å². The van der Waals surface area contributed by atoms with Crippen LogP contribution >= 0.6 is 0 Å². The van der Waals surface area contributed by atoms with Gasteiger partial charge in [-0.25, -0.2) is 4.98 Å². The topological polar surface area (TPSA) is 109 Å². The lowest BCUT2D eigenvalue weighted by Crippen LogP contribution is -2.24. The van der Waals surface area contributed by atoms with Crippen molar-refractivity contribution in [1.82, 2.24) is 19.7 Å². The zero-order valence-corrected chi connectivity index (χ0v) is 16.2. The molecule has 0 bridgehead atoms. The summed E-state index contributed by atoms with van der Waals surface area (Å²) in [6.07, 6.45) is 3.50. The average molecular weight is 386 g/mol. The zero-order valence-electron chi connectivity index (χ0n) is 16.2. The van der Waals surface area contributed by atoms with Crippen molar-refractivity contribution >= 4 is 11.6 Å². The van der Waals surface area contributed by atoms with Gasteiger partial charge in [0.2, 0.25) is 11.8 Å². The van der Waals surface area contributed by atoms with Crippen molar-refractivity contribution < 1.29 is 14.2 Å². The number of nitrogens with one attached hydrogen (secondary N) is 1. The van der Waals surface area contributed by atoms with Crippen LogP contribution in [0.5, 0.6) is 5.88 Å². The van der Waals surface area contributed by atoms with Crippen molar-refractivity contribution in [2.75, 3.05) is 11.9 Å². The number of allylic oxidation sites excluding steroid dienone is 1. The highest BCUT2D eigenvalue weighted by Crippen LogP contribution is 2.23. The van der Waals surface area contributed by atoms with Crippen molar-refractivity contribution in [3.63, 3.8) is 0 Å². The summed E-state index contributed by atoms with van der Waals surface area (Å²) in [5.74, 6) is -0.744. The molecular weight excluding hydrogens is 363 g/mol. The Labute approximate surface area is 163 Å². The first-order valence-corrected chi connectivity index (χ1v) is 8.56. The average Bonchev–Trinajstić information content (AvgIpc) is 3.01. The van der Waals surface area contributed by atoms with E-state index < -0.39 is 11.4 Å². The van der Waals surface area contributed by atoms with E-state index >= 15 is 0 Å². The Morgan fingerprint density at radius 1 is 1.43 bits per heavy atom. The number of aliphatic hydroxyl groups is 1. The molecule has 2 N–H and O–H groups in total. The van der Waals surface area contributed by atoms with Gasteiger partial charge in [0.05, 0.1) is 35.6 Å². The summed E-state index contributed by atoms with van der Waals surface area (Å²) < 4.78 is 20.9. The molecule has 2 rings (SSSR count). The number of aryl methyl sites for hydroxylation is 1. The molecule has 0 aliphatic rings. The lowest BCUT2D eigenvalue weighted by atomic mass is 10.1. The molecule has 0 aliphatic heterocycles. The molecular formula is C19H23FN6O2. The highest BCUT2D eigenvalue weighted by molar-refractivity contribution is 5.55. The summed E-state index contributed by atoms with van der Waals surface area (Å²) in [4.78, 5) is 7.95. The molecule has 148 valence electrons. The number of hydrogen-bond acceptors (Lipinski definition) is 7. The van der Waals surface area contributed by atoms with Crippen LogP contribution in [0.1, 0.15) is 32.4 Å². The predicted octanol–water partition coefficient (Wildman–Crippen LogP) is 3.91. The monoisotopic (exact) mass is 386 g/mol. The summed E-state index contributed by atoms with van der Waals surface area (Å²) in [6.45, 7) is 12.5. The Hall–Kier alpha value is -3.41. The number of aliphatic hydroxyl groups excluding tert-OH is 1. The van der Waals surface area contributed by atoms with Gasteiger partial charge in [-0.1, -0.05) is 13.2 Å². The van der Waals surface area contributed by atoms with E-state index in [0.717, 1.165) is 6.20 Å². The molecule has 0 saturated carbocycles. The number of anilines is 2. The molecule has 2 aromatic heterocycles. The van der Waals surface area contributed by atoms with Crippen molar-refractivity contribution in [3.8, 4) is 11.9 Å². The molecule has 0 radical (unpaired) electrons. The fourth-order valence-electron chi connectivity index (χ4n) is 2.12. The molecule has 2 heterocycles. The van der Waals surface area contributed by atoms with Gasteiger partial charge in [0.1, 0.15) is 12.1 Å². The van der Waals surface area contributed by atoms with Crippen molar-refractivity contribution in [2.45, 2.75) is 39.2 Å². The van der Waals surface area contributed by atoms with Crippen LogP contribution in [0.2, 0.25) is 0 Å². The van der Waals surface area contributed by atoms with E-state index in [1.807, 2.05) is 0 Å². The molecule has 0 amide bonds. The van der Waals surface area contributed by atoms with Crippen LogP contribution in [0.15, 0.2) is 36.9 Å². The second kappa shape index (κ2) is 8.52. The summed E-state index contributed by atoms with van der Waals surface area (Å²) in [6, 6.07) is 2.17. The lowest BCUT2D eigenvalue weighted by Gasteiger charge is -2.15. The fraction of sp³-hybridized carbons (Fsp3) is 0.368. The maximum Gasteiger partial charge on any atom is 0.255 e. The third-order valence-corrected chi connectivity index (χ3v) is 3.88. The van der Waals surface area contributed by atoms with Gasteiger partial charge in [0, 0.05) is 6.42 Å². The number of nitriles is 1. The van der Waals surface area contributed by atoms with E-state index in [1.165, 1.54) is 4.68 Å². The summed E-state index contributed by atoms with van der Waals surface area (Å²) in [5.41, 5.74) is 1.07. The van der Waals surface area contributed by atoms with E-state index in [9.17, 15) is 9.65 Å². The van der Waals surface area contributed by atoms with Gasteiger partial charge in [-0.05, 0) is 32.8 Å². The van der Waals surface area contributed by atoms with E-state index in [4.69, 9.17) is 9.84 Å². The number of aromatic nitrogens is 4. The van der Waals surface area contributed by atoms with Gasteiger partial charge in [0.15, 0.2) is 0 Å². The normalized spacial score (nSPS) is 11.0. The molecule has 0 unspecified atom stereocenters. The Morgan fingerprint density at radius 2 is 2.14 bits per heavy atom. The van der Waals surface area contributed by atoms with Crippen LogP contribution in [0.3, 0.4) is 0 Å². The largest absolute Gasteiger partial charge is 0.513 e. The molecule has 0 spiro atoms. The second-order valence-corrected chi connectivity index (χ2v) is 6.82. The minimum absolute atomic E-state index is 0.0496. The van der Waals surface area contributed by atoms with E-state index in [1.54, 1.807) is 27.0 Å². The molecule has 0 fully saturated rings. The number of ether oxygens (including phenoxy) is 1. The summed E-state index contributed by atoms with van der Waals surface area (Å²) in [7, 11) is 0. The smallest absolute Gasteiger partial charge is 0.255 e. The Bertz CT molecular complexity index is 929. The third-order valence-electron chi connectivity index (χ3n) is 3.88. The molecule has 0 aromatic carbocycles. The van der Waals surface area contributed by atoms with Crippen molar-refractivity contribution in [2.24, 2.45) is 0 Å². The summed E-state index contributed by atoms with van der Waals surface area (Å²) >= 11 is 0. The first-order chi connectivity index (χ1) is 13.1. The van der Waals surface area contributed by atoms with Crippen molar-refractivity contribution in [3.05, 3.63) is 48.4 Å². The Morgan fingerprint density at radius 3 is 2.79 bits per heavy atom. The highest BCUT2D eigenvalue weighted by Gasteiger charge is 2.22. The van der Waals surface area contributed by atoms with Gasteiger partial charge < -0.3 is 15.2 Å². The summed E-state index contributed by atoms with van der Waals surface area (Å²) in [5, 5.41) is 25.6. The van der Waals surface area contributed by atoms with Gasteiger partial charge >= 0.3 is 0 Å². The maximum atomic E-state index is 13.9. The Kier molecular flexibility index (Phi) is 6.36. The number of rotatable bonds is 9. The quantitative estimate of drug-likeness (QED) is 0.497. The van der Waals surface area contributed by atoms with Gasteiger partial charge in [0.25, 0.3) is 5.88 Å². The number of nitrogens with zero attached hydrogens (tertiary/aromatic N) is 5. The molecule has 0 atom stereocenters. The van der Waals surface area contributed by atoms with Crippen LogP contribution in [0, 0.1) is 24.1 Å². The van der Waals surface area contributed by atoms with Crippen LogP contribution in [0.4, 0.5) is 16.0 Å². The molecule has 2 aromatic rings. The minimum Gasteiger partial charge on any atom is -0.513 e. The number of hydrogen-bond donors (Lipinski definition) is 2. The molecule has 0 aliphatic carbocycles. The van der Waals surface area contributed by atoms with Crippen LogP contribution in [-0.2, 0) is 5.54 Å². The zero-order chi connectivity index (χ0) is 20.9. The standard InChI is InChI=1S/C19H23FN6O2/c1-12(6-7-13(2)27)10-28-17-15(20)8-22-18(24-17)23-16-9-26(25-14(16)3)19(4,5)11-21/h8-9,27H,1-2,6-7,10H2,3-5H3,(H,22,23,24). The first kappa shape index (κ1) is 20.9. The third kappa shape index (κ3) is 5.30. The Balaban J connectivity index is 2.10. The maximum absolute atomic E-state index is 13.9. The van der Waals surface area contributed by atoms with E-state index in [2.05, 4.69) is 39.6 Å². The molecule has 8 nitrogen and oxygen atoms in total. The van der Waals surface area contributed by atoms with E-state index in [-0.39, 0.29) is 24.2 Å².